The van der Waals surface area contributed by atoms with Gasteiger partial charge in [-0.1, -0.05) is 67.7 Å². The number of morpholine rings is 1. The second kappa shape index (κ2) is 11.1. The number of ether oxygens (including phenoxy) is 2. The number of carbonyl (C=O) groups is 1. The van der Waals surface area contributed by atoms with Gasteiger partial charge in [0.1, 0.15) is 11.4 Å². The minimum absolute atomic E-state index is 0.00458. The van der Waals surface area contributed by atoms with Crippen molar-refractivity contribution in [2.75, 3.05) is 36.5 Å². The molecule has 5 rings (SSSR count). The maximum absolute atomic E-state index is 12.8. The molecule has 11 heteroatoms. The summed E-state index contributed by atoms with van der Waals surface area (Å²) in [5.74, 6) is 0.188. The van der Waals surface area contributed by atoms with Crippen LogP contribution < -0.4 is 15.0 Å². The molecule has 0 unspecified atom stereocenters. The fraction of sp³-hybridized carbons (Fsp3) is 0.286. The molecule has 39 heavy (non-hydrogen) atoms. The summed E-state index contributed by atoms with van der Waals surface area (Å²) in [7, 11) is 0. The molecule has 0 radical (unpaired) electrons. The smallest absolute Gasteiger partial charge is 0.324 e. The standard InChI is InChI=1S/C28H28N4O5S2/c1-28(2,3)19-6-4-18(5-7-19)24-26(37-21-10-8-20(9-11-21)31-14-16-36-17-15-31)39-27(29-24)30-25(33)22-12-13-23(38-22)32(34)35/h4-13H,14-17H2,1-3H3,(H,29,30,33). The van der Waals surface area contributed by atoms with Crippen molar-refractivity contribution in [3.63, 3.8) is 0 Å². The number of amides is 1. The van der Waals surface area contributed by atoms with Gasteiger partial charge >= 0.3 is 5.00 Å². The van der Waals surface area contributed by atoms with Crippen molar-refractivity contribution in [3.05, 3.63) is 81.2 Å². The quantitative estimate of drug-likeness (QED) is 0.191. The Bertz CT molecular complexity index is 1470. The van der Waals surface area contributed by atoms with Crippen molar-refractivity contribution in [2.24, 2.45) is 0 Å². The van der Waals surface area contributed by atoms with E-state index in [1.165, 1.54) is 29.0 Å². The van der Waals surface area contributed by atoms with Crippen LogP contribution in [0.4, 0.5) is 15.8 Å². The van der Waals surface area contributed by atoms with Gasteiger partial charge in [-0.25, -0.2) is 4.98 Å². The number of aromatic nitrogens is 1. The first-order valence-corrected chi connectivity index (χ1v) is 14.1. The van der Waals surface area contributed by atoms with E-state index in [0.29, 0.717) is 34.9 Å². The molecule has 2 aromatic heterocycles. The molecule has 0 saturated carbocycles. The summed E-state index contributed by atoms with van der Waals surface area (Å²) < 4.78 is 11.7. The summed E-state index contributed by atoms with van der Waals surface area (Å²) in [4.78, 5) is 30.5. The largest absolute Gasteiger partial charge is 0.444 e. The maximum atomic E-state index is 12.8. The van der Waals surface area contributed by atoms with Gasteiger partial charge in [0.2, 0.25) is 5.06 Å². The fourth-order valence-corrected chi connectivity index (χ4v) is 5.67. The Morgan fingerprint density at radius 3 is 2.33 bits per heavy atom. The predicted octanol–water partition coefficient (Wildman–Crippen LogP) is 6.96. The van der Waals surface area contributed by atoms with Crippen LogP contribution in [0.5, 0.6) is 10.8 Å². The molecular formula is C28H28N4O5S2. The molecule has 202 valence electrons. The Hall–Kier alpha value is -3.80. The molecule has 2 aromatic carbocycles. The fourth-order valence-electron chi connectivity index (χ4n) is 4.10. The summed E-state index contributed by atoms with van der Waals surface area (Å²) in [5.41, 5.74) is 3.75. The second-order valence-electron chi connectivity index (χ2n) is 10.0. The topological polar surface area (TPSA) is 107 Å². The van der Waals surface area contributed by atoms with Crippen molar-refractivity contribution < 1.29 is 19.2 Å². The average Bonchev–Trinajstić information content (AvgIpc) is 3.57. The van der Waals surface area contributed by atoms with Gasteiger partial charge < -0.3 is 14.4 Å². The number of nitro groups is 1. The lowest BCUT2D eigenvalue weighted by Crippen LogP contribution is -2.36. The molecule has 4 aromatic rings. The van der Waals surface area contributed by atoms with E-state index in [1.807, 2.05) is 36.4 Å². The van der Waals surface area contributed by atoms with Gasteiger partial charge in [-0.2, -0.15) is 0 Å². The van der Waals surface area contributed by atoms with Crippen LogP contribution in [-0.4, -0.2) is 42.1 Å². The van der Waals surface area contributed by atoms with E-state index >= 15 is 0 Å². The number of benzene rings is 2. The van der Waals surface area contributed by atoms with Crippen LogP contribution in [0.15, 0.2) is 60.7 Å². The van der Waals surface area contributed by atoms with Gasteiger partial charge in [0.15, 0.2) is 5.13 Å². The van der Waals surface area contributed by atoms with E-state index in [4.69, 9.17) is 9.47 Å². The number of nitrogens with one attached hydrogen (secondary N) is 1. The Morgan fingerprint density at radius 1 is 1.03 bits per heavy atom. The van der Waals surface area contributed by atoms with Crippen LogP contribution in [0.25, 0.3) is 11.3 Å². The average molecular weight is 565 g/mol. The first-order chi connectivity index (χ1) is 18.7. The van der Waals surface area contributed by atoms with E-state index in [9.17, 15) is 14.9 Å². The third-order valence-corrected chi connectivity index (χ3v) is 8.14. The first-order valence-electron chi connectivity index (χ1n) is 12.5. The second-order valence-corrected chi connectivity index (χ2v) is 12.1. The van der Waals surface area contributed by atoms with Gasteiger partial charge in [-0.05, 0) is 41.3 Å². The zero-order chi connectivity index (χ0) is 27.6. The molecule has 9 nitrogen and oxygen atoms in total. The summed E-state index contributed by atoms with van der Waals surface area (Å²) in [6.45, 7) is 9.58. The molecule has 1 fully saturated rings. The third kappa shape index (κ3) is 6.27. The molecular weight excluding hydrogens is 536 g/mol. The molecule has 0 atom stereocenters. The number of rotatable bonds is 7. The lowest BCUT2D eigenvalue weighted by atomic mass is 9.86. The molecule has 1 N–H and O–H groups in total. The number of thiophene rings is 1. The number of hydrogen-bond acceptors (Lipinski definition) is 9. The van der Waals surface area contributed by atoms with Crippen LogP contribution in [0, 0.1) is 10.1 Å². The normalized spacial score (nSPS) is 13.8. The minimum atomic E-state index is -0.513. The number of nitrogens with zero attached hydrogens (tertiary/aromatic N) is 3. The zero-order valence-electron chi connectivity index (χ0n) is 21.8. The first kappa shape index (κ1) is 26.8. The van der Waals surface area contributed by atoms with Gasteiger partial charge in [-0.3, -0.25) is 20.2 Å². The van der Waals surface area contributed by atoms with E-state index in [0.717, 1.165) is 35.7 Å². The number of carbonyl (C=O) groups excluding carboxylic acids is 1. The Labute approximate surface area is 234 Å². The van der Waals surface area contributed by atoms with Gasteiger partial charge in [0.25, 0.3) is 5.91 Å². The summed E-state index contributed by atoms with van der Waals surface area (Å²) in [6, 6.07) is 18.8. The van der Waals surface area contributed by atoms with E-state index in [2.05, 4.69) is 48.1 Å². The maximum Gasteiger partial charge on any atom is 0.324 e. The van der Waals surface area contributed by atoms with Crippen molar-refractivity contribution in [1.29, 1.82) is 0 Å². The molecule has 3 heterocycles. The lowest BCUT2D eigenvalue weighted by Gasteiger charge is -2.28. The Balaban J connectivity index is 1.42. The van der Waals surface area contributed by atoms with Crippen LogP contribution in [0.1, 0.15) is 36.0 Å². The molecule has 1 saturated heterocycles. The predicted molar refractivity (Wildman–Crippen MR) is 155 cm³/mol. The highest BCUT2D eigenvalue weighted by Gasteiger charge is 2.21. The molecule has 0 aliphatic carbocycles. The molecule has 0 bridgehead atoms. The lowest BCUT2D eigenvalue weighted by molar-refractivity contribution is -0.380. The summed E-state index contributed by atoms with van der Waals surface area (Å²) >= 11 is 2.02. The molecule has 1 aliphatic rings. The number of thiazole rings is 1. The van der Waals surface area contributed by atoms with Crippen molar-refractivity contribution in [3.8, 4) is 22.1 Å². The minimum Gasteiger partial charge on any atom is -0.444 e. The van der Waals surface area contributed by atoms with Crippen molar-refractivity contribution in [2.45, 2.75) is 26.2 Å². The van der Waals surface area contributed by atoms with Crippen LogP contribution >= 0.6 is 22.7 Å². The monoisotopic (exact) mass is 564 g/mol. The van der Waals surface area contributed by atoms with Gasteiger partial charge in [0, 0.05) is 30.4 Å². The van der Waals surface area contributed by atoms with E-state index < -0.39 is 10.8 Å². The Morgan fingerprint density at radius 2 is 1.72 bits per heavy atom. The van der Waals surface area contributed by atoms with Crippen LogP contribution in [0.2, 0.25) is 0 Å². The number of hydrogen-bond donors (Lipinski definition) is 1. The van der Waals surface area contributed by atoms with E-state index in [1.54, 1.807) is 0 Å². The number of anilines is 2. The van der Waals surface area contributed by atoms with Crippen LogP contribution in [-0.2, 0) is 10.2 Å². The summed E-state index contributed by atoms with van der Waals surface area (Å²) in [5, 5.41) is 14.6. The molecule has 1 aliphatic heterocycles. The highest BCUT2D eigenvalue weighted by molar-refractivity contribution is 7.19. The van der Waals surface area contributed by atoms with E-state index in [-0.39, 0.29) is 15.3 Å². The Kier molecular flexibility index (Phi) is 7.65. The SMILES string of the molecule is CC(C)(C)c1ccc(-c2nc(NC(=O)c3ccc([N+](=O)[O-])s3)sc2Oc2ccc(N3CCOCC3)cc2)cc1. The van der Waals surface area contributed by atoms with Crippen LogP contribution in [0.3, 0.4) is 0 Å². The zero-order valence-corrected chi connectivity index (χ0v) is 23.4. The van der Waals surface area contributed by atoms with Crippen molar-refractivity contribution in [1.82, 2.24) is 4.98 Å². The molecule has 0 spiro atoms. The summed E-state index contributed by atoms with van der Waals surface area (Å²) in [6.07, 6.45) is 0. The van der Waals surface area contributed by atoms with Gasteiger partial charge in [0.05, 0.1) is 23.0 Å². The highest BCUT2D eigenvalue weighted by Crippen LogP contribution is 2.41. The van der Waals surface area contributed by atoms with Crippen molar-refractivity contribution >= 4 is 44.4 Å². The van der Waals surface area contributed by atoms with Gasteiger partial charge in [-0.15, -0.1) is 0 Å². The molecule has 1 amide bonds. The highest BCUT2D eigenvalue weighted by atomic mass is 32.1. The third-order valence-electron chi connectivity index (χ3n) is 6.26.